The zero-order valence-electron chi connectivity index (χ0n) is 11.6. The van der Waals surface area contributed by atoms with Crippen LogP contribution in [0, 0.1) is 11.3 Å². The summed E-state index contributed by atoms with van der Waals surface area (Å²) in [7, 11) is 0.294. The molecule has 0 amide bonds. The summed E-state index contributed by atoms with van der Waals surface area (Å²) in [5, 5.41) is 8.79. The summed E-state index contributed by atoms with van der Waals surface area (Å²) >= 11 is 0. The van der Waals surface area contributed by atoms with E-state index in [1.54, 1.807) is 0 Å². The first-order valence-corrected chi connectivity index (χ1v) is 7.76. The highest BCUT2D eigenvalue weighted by Crippen LogP contribution is 2.27. The lowest BCUT2D eigenvalue weighted by atomic mass is 10.2. The SMILES string of the molecule is CN(C)C1CCN(S(=O)(=O)c2ccc(C#N)cc2N)C1. The van der Waals surface area contributed by atoms with Gasteiger partial charge in [0.25, 0.3) is 0 Å². The molecule has 7 heteroatoms. The van der Waals surface area contributed by atoms with Gasteiger partial charge in [-0.3, -0.25) is 0 Å². The lowest BCUT2D eigenvalue weighted by Gasteiger charge is -2.20. The molecule has 1 heterocycles. The van der Waals surface area contributed by atoms with Crippen molar-refractivity contribution in [3.8, 4) is 6.07 Å². The molecule has 1 saturated heterocycles. The largest absolute Gasteiger partial charge is 0.398 e. The zero-order chi connectivity index (χ0) is 14.9. The molecule has 1 aliphatic rings. The van der Waals surface area contributed by atoms with Crippen LogP contribution in [0.3, 0.4) is 0 Å². The lowest BCUT2D eigenvalue weighted by molar-refractivity contribution is 0.302. The maximum atomic E-state index is 12.6. The number of rotatable bonds is 3. The Labute approximate surface area is 119 Å². The topological polar surface area (TPSA) is 90.4 Å². The van der Waals surface area contributed by atoms with Crippen LogP contribution in [-0.4, -0.2) is 50.8 Å². The maximum absolute atomic E-state index is 12.6. The van der Waals surface area contributed by atoms with Crippen LogP contribution in [0.25, 0.3) is 0 Å². The molecule has 1 unspecified atom stereocenters. The van der Waals surface area contributed by atoms with Crippen LogP contribution in [0.1, 0.15) is 12.0 Å². The van der Waals surface area contributed by atoms with Crippen molar-refractivity contribution in [1.82, 2.24) is 9.21 Å². The first-order valence-electron chi connectivity index (χ1n) is 6.32. The van der Waals surface area contributed by atoms with Crippen LogP contribution in [0.5, 0.6) is 0 Å². The third-order valence-electron chi connectivity index (χ3n) is 3.61. The molecule has 108 valence electrons. The average molecular weight is 294 g/mol. The van der Waals surface area contributed by atoms with Crippen LogP contribution in [0.15, 0.2) is 23.1 Å². The van der Waals surface area contributed by atoms with Crippen molar-refractivity contribution < 1.29 is 8.42 Å². The quantitative estimate of drug-likeness (QED) is 0.818. The molecular weight excluding hydrogens is 276 g/mol. The maximum Gasteiger partial charge on any atom is 0.245 e. The standard InChI is InChI=1S/C13H18N4O2S/c1-16(2)11-5-6-17(9-11)20(18,19)13-4-3-10(8-14)7-12(13)15/h3-4,7,11H,5-6,9,15H2,1-2H3. The highest BCUT2D eigenvalue weighted by molar-refractivity contribution is 7.89. The minimum absolute atomic E-state index is 0.0795. The van der Waals surface area contributed by atoms with Crippen LogP contribution >= 0.6 is 0 Å². The van der Waals surface area contributed by atoms with Crippen molar-refractivity contribution in [1.29, 1.82) is 5.26 Å². The first kappa shape index (κ1) is 14.8. The fourth-order valence-corrected chi connectivity index (χ4v) is 3.93. The van der Waals surface area contributed by atoms with Crippen molar-refractivity contribution in [2.45, 2.75) is 17.4 Å². The molecule has 0 aromatic heterocycles. The number of hydrogen-bond donors (Lipinski definition) is 1. The molecule has 1 aromatic carbocycles. The molecule has 2 rings (SSSR count). The average Bonchev–Trinajstić information content (AvgIpc) is 2.88. The van der Waals surface area contributed by atoms with Crippen molar-refractivity contribution >= 4 is 15.7 Å². The molecular formula is C13H18N4O2S. The van der Waals surface area contributed by atoms with Gasteiger partial charge in [0.05, 0.1) is 17.3 Å². The fraction of sp³-hybridized carbons (Fsp3) is 0.462. The molecule has 20 heavy (non-hydrogen) atoms. The molecule has 0 saturated carbocycles. The van der Waals surface area contributed by atoms with Gasteiger partial charge in [0, 0.05) is 19.1 Å². The smallest absolute Gasteiger partial charge is 0.245 e. The highest BCUT2D eigenvalue weighted by atomic mass is 32.2. The van der Waals surface area contributed by atoms with E-state index in [0.29, 0.717) is 18.7 Å². The van der Waals surface area contributed by atoms with Crippen LogP contribution in [0.2, 0.25) is 0 Å². The number of likely N-dealkylation sites (N-methyl/N-ethyl adjacent to an activating group) is 1. The van der Waals surface area contributed by atoms with E-state index in [1.165, 1.54) is 22.5 Å². The van der Waals surface area contributed by atoms with Gasteiger partial charge < -0.3 is 10.6 Å². The van der Waals surface area contributed by atoms with Gasteiger partial charge in [-0.15, -0.1) is 0 Å². The van der Waals surface area contributed by atoms with Gasteiger partial charge in [0.15, 0.2) is 0 Å². The Bertz CT molecular complexity index is 649. The number of nitrogens with zero attached hydrogens (tertiary/aromatic N) is 3. The van der Waals surface area contributed by atoms with Gasteiger partial charge in [-0.1, -0.05) is 0 Å². The Balaban J connectivity index is 2.30. The van der Waals surface area contributed by atoms with Crippen LogP contribution in [-0.2, 0) is 10.0 Å². The van der Waals surface area contributed by atoms with Gasteiger partial charge in [0.1, 0.15) is 4.90 Å². The second kappa shape index (κ2) is 5.40. The number of nitriles is 1. The minimum atomic E-state index is -3.59. The number of hydrogen-bond acceptors (Lipinski definition) is 5. The van der Waals surface area contributed by atoms with Gasteiger partial charge in [-0.05, 0) is 38.7 Å². The summed E-state index contributed by atoms with van der Waals surface area (Å²) in [6, 6.07) is 6.45. The number of sulfonamides is 1. The minimum Gasteiger partial charge on any atom is -0.398 e. The van der Waals surface area contributed by atoms with E-state index in [1.807, 2.05) is 25.1 Å². The summed E-state index contributed by atoms with van der Waals surface area (Å²) in [6.07, 6.45) is 0.808. The zero-order valence-corrected chi connectivity index (χ0v) is 12.4. The predicted octanol–water partition coefficient (Wildman–Crippen LogP) is 0.465. The van der Waals surface area contributed by atoms with Crippen molar-refractivity contribution in [2.75, 3.05) is 32.9 Å². The van der Waals surface area contributed by atoms with E-state index in [-0.39, 0.29) is 16.6 Å². The molecule has 1 atom stereocenters. The van der Waals surface area contributed by atoms with E-state index in [4.69, 9.17) is 11.0 Å². The fourth-order valence-electron chi connectivity index (χ4n) is 2.34. The van der Waals surface area contributed by atoms with Crippen molar-refractivity contribution in [3.05, 3.63) is 23.8 Å². The predicted molar refractivity (Wildman–Crippen MR) is 76.4 cm³/mol. The third-order valence-corrected chi connectivity index (χ3v) is 5.55. The van der Waals surface area contributed by atoms with Crippen molar-refractivity contribution in [3.63, 3.8) is 0 Å². The Hall–Kier alpha value is -1.62. The van der Waals surface area contributed by atoms with Gasteiger partial charge in [-0.25, -0.2) is 8.42 Å². The van der Waals surface area contributed by atoms with Crippen LogP contribution in [0.4, 0.5) is 5.69 Å². The summed E-state index contributed by atoms with van der Waals surface area (Å²) in [5.74, 6) is 0. The van der Waals surface area contributed by atoms with E-state index >= 15 is 0 Å². The van der Waals surface area contributed by atoms with Crippen molar-refractivity contribution in [2.24, 2.45) is 0 Å². The summed E-state index contributed by atoms with van der Waals surface area (Å²) in [4.78, 5) is 2.10. The lowest BCUT2D eigenvalue weighted by Crippen LogP contribution is -2.34. The summed E-state index contributed by atoms with van der Waals surface area (Å²) in [6.45, 7) is 0.958. The Morgan fingerprint density at radius 2 is 2.15 bits per heavy atom. The normalized spacial score (nSPS) is 20.2. The highest BCUT2D eigenvalue weighted by Gasteiger charge is 2.34. The molecule has 1 aliphatic heterocycles. The van der Waals surface area contributed by atoms with E-state index < -0.39 is 10.0 Å². The van der Waals surface area contributed by atoms with E-state index in [0.717, 1.165) is 6.42 Å². The second-order valence-electron chi connectivity index (χ2n) is 5.13. The Morgan fingerprint density at radius 1 is 1.45 bits per heavy atom. The van der Waals surface area contributed by atoms with Gasteiger partial charge in [0.2, 0.25) is 10.0 Å². The first-order chi connectivity index (χ1) is 9.36. The second-order valence-corrected chi connectivity index (χ2v) is 7.04. The number of benzene rings is 1. The molecule has 0 radical (unpaired) electrons. The Kier molecular flexibility index (Phi) is 3.99. The molecule has 6 nitrogen and oxygen atoms in total. The molecule has 0 bridgehead atoms. The number of nitrogen functional groups attached to an aromatic ring is 1. The van der Waals surface area contributed by atoms with Gasteiger partial charge in [-0.2, -0.15) is 9.57 Å². The van der Waals surface area contributed by atoms with Crippen LogP contribution < -0.4 is 5.73 Å². The Morgan fingerprint density at radius 3 is 2.65 bits per heavy atom. The van der Waals surface area contributed by atoms with Gasteiger partial charge >= 0.3 is 0 Å². The third kappa shape index (κ3) is 2.63. The van der Waals surface area contributed by atoms with E-state index in [9.17, 15) is 8.42 Å². The number of anilines is 1. The molecule has 1 aromatic rings. The molecule has 0 spiro atoms. The number of nitrogens with two attached hydrogens (primary N) is 1. The molecule has 2 N–H and O–H groups in total. The molecule has 0 aliphatic carbocycles. The summed E-state index contributed by atoms with van der Waals surface area (Å²) in [5.41, 5.74) is 6.26. The summed E-state index contributed by atoms with van der Waals surface area (Å²) < 4.78 is 26.6. The molecule has 1 fully saturated rings. The van der Waals surface area contributed by atoms with E-state index in [2.05, 4.69) is 0 Å². The monoisotopic (exact) mass is 294 g/mol.